The summed E-state index contributed by atoms with van der Waals surface area (Å²) in [5.41, 5.74) is 1.02. The summed E-state index contributed by atoms with van der Waals surface area (Å²) in [4.78, 5) is 27.2. The van der Waals surface area contributed by atoms with Gasteiger partial charge < -0.3 is 10.1 Å². The first-order valence-corrected chi connectivity index (χ1v) is 13.5. The molecule has 3 aromatic carbocycles. The maximum absolute atomic E-state index is 13.3. The van der Waals surface area contributed by atoms with Gasteiger partial charge in [0.15, 0.2) is 5.17 Å². The second kappa shape index (κ2) is 10.6. The van der Waals surface area contributed by atoms with Gasteiger partial charge >= 0.3 is 0 Å². The van der Waals surface area contributed by atoms with E-state index >= 15 is 0 Å². The number of carbonyl (C=O) groups is 2. The average Bonchev–Trinajstić information content (AvgIpc) is 3.13. The molecule has 1 saturated heterocycles. The van der Waals surface area contributed by atoms with E-state index in [0.29, 0.717) is 17.1 Å². The van der Waals surface area contributed by atoms with Crippen molar-refractivity contribution in [1.29, 1.82) is 0 Å². The van der Waals surface area contributed by atoms with Crippen molar-refractivity contribution in [3.63, 3.8) is 0 Å². The Kier molecular flexibility index (Phi) is 7.58. The molecule has 3 aromatic rings. The Labute approximate surface area is 215 Å². The smallest absolute Gasteiger partial charge is 0.284 e. The van der Waals surface area contributed by atoms with E-state index in [-0.39, 0.29) is 22.4 Å². The molecule has 0 spiro atoms. The number of amidine groups is 1. The molecule has 0 bridgehead atoms. The number of ether oxygens (including phenoxy) is 1. The lowest BCUT2D eigenvalue weighted by Gasteiger charge is -2.16. The van der Waals surface area contributed by atoms with Crippen LogP contribution in [-0.2, 0) is 19.6 Å². The fraction of sp³-hybridized carbons (Fsp3) is 0.125. The molecule has 1 aliphatic heterocycles. The van der Waals surface area contributed by atoms with Crippen LogP contribution < -0.4 is 15.0 Å². The SMILES string of the molecule is COc1ccc(NC(=O)C[C@@H]2SC(=NS(=O)(=O)c3ccc(Br)cc3)N(c3ccccc3)C2=O)cc1. The minimum atomic E-state index is -4.09. The third kappa shape index (κ3) is 5.92. The Balaban J connectivity index is 1.59. The molecule has 0 radical (unpaired) electrons. The Bertz CT molecular complexity index is 1360. The van der Waals surface area contributed by atoms with Crippen molar-refractivity contribution >= 4 is 66.1 Å². The molecule has 0 unspecified atom stereocenters. The number of nitrogens with zero attached hydrogens (tertiary/aromatic N) is 2. The van der Waals surface area contributed by atoms with E-state index in [1.54, 1.807) is 73.8 Å². The van der Waals surface area contributed by atoms with Crippen LogP contribution in [0.4, 0.5) is 11.4 Å². The zero-order chi connectivity index (χ0) is 25.0. The van der Waals surface area contributed by atoms with E-state index in [2.05, 4.69) is 25.6 Å². The molecule has 1 atom stereocenters. The zero-order valence-electron chi connectivity index (χ0n) is 18.4. The fourth-order valence-electron chi connectivity index (χ4n) is 3.29. The van der Waals surface area contributed by atoms with Crippen LogP contribution in [0.5, 0.6) is 5.75 Å². The van der Waals surface area contributed by atoms with Gasteiger partial charge in [-0.1, -0.05) is 45.9 Å². The third-order valence-corrected chi connectivity index (χ3v) is 8.07. The Morgan fingerprint density at radius 3 is 2.34 bits per heavy atom. The predicted molar refractivity (Wildman–Crippen MR) is 140 cm³/mol. The van der Waals surface area contributed by atoms with Crippen molar-refractivity contribution in [1.82, 2.24) is 0 Å². The van der Waals surface area contributed by atoms with Crippen LogP contribution in [0.1, 0.15) is 6.42 Å². The summed E-state index contributed by atoms with van der Waals surface area (Å²) >= 11 is 4.23. The highest BCUT2D eigenvalue weighted by molar-refractivity contribution is 9.10. The number of thioether (sulfide) groups is 1. The van der Waals surface area contributed by atoms with E-state index in [4.69, 9.17) is 4.74 Å². The van der Waals surface area contributed by atoms with Gasteiger partial charge in [0, 0.05) is 16.6 Å². The molecule has 8 nitrogen and oxygen atoms in total. The first-order valence-electron chi connectivity index (χ1n) is 10.4. The molecule has 35 heavy (non-hydrogen) atoms. The number of anilines is 2. The maximum Gasteiger partial charge on any atom is 0.284 e. The minimum Gasteiger partial charge on any atom is -0.497 e. The summed E-state index contributed by atoms with van der Waals surface area (Å²) in [6.45, 7) is 0. The first-order chi connectivity index (χ1) is 16.8. The standard InChI is InChI=1S/C24H20BrN3O5S2/c1-33-19-11-9-17(10-12-19)26-22(29)15-21-23(30)28(18-5-3-2-4-6-18)24(34-21)27-35(31,32)20-13-7-16(25)8-14-20/h2-14,21H,15H2,1H3,(H,26,29)/t21-/m0/s1. The topological polar surface area (TPSA) is 105 Å². The summed E-state index contributed by atoms with van der Waals surface area (Å²) in [7, 11) is -2.55. The molecule has 1 heterocycles. The quantitative estimate of drug-likeness (QED) is 0.440. The highest BCUT2D eigenvalue weighted by atomic mass is 79.9. The number of methoxy groups -OCH3 is 1. The lowest BCUT2D eigenvalue weighted by atomic mass is 10.2. The van der Waals surface area contributed by atoms with Gasteiger partial charge in [-0.2, -0.15) is 8.42 Å². The van der Waals surface area contributed by atoms with Gasteiger partial charge in [-0.25, -0.2) is 0 Å². The molecule has 0 saturated carbocycles. The van der Waals surface area contributed by atoms with Gasteiger partial charge in [-0.15, -0.1) is 4.40 Å². The van der Waals surface area contributed by atoms with Gasteiger partial charge in [-0.3, -0.25) is 14.5 Å². The van der Waals surface area contributed by atoms with Gasteiger partial charge in [0.2, 0.25) is 11.8 Å². The van der Waals surface area contributed by atoms with Crippen LogP contribution in [0.25, 0.3) is 0 Å². The Morgan fingerprint density at radius 2 is 1.71 bits per heavy atom. The Hall–Kier alpha value is -3.15. The number of carbonyl (C=O) groups excluding carboxylic acids is 2. The number of nitrogens with one attached hydrogen (secondary N) is 1. The second-order valence-electron chi connectivity index (χ2n) is 7.40. The van der Waals surface area contributed by atoms with Crippen LogP contribution >= 0.6 is 27.7 Å². The van der Waals surface area contributed by atoms with Crippen molar-refractivity contribution < 1.29 is 22.7 Å². The summed E-state index contributed by atoms with van der Waals surface area (Å²) in [6.07, 6.45) is -0.157. The number of rotatable bonds is 7. The molecule has 0 aliphatic carbocycles. The largest absolute Gasteiger partial charge is 0.497 e. The molecular weight excluding hydrogens is 554 g/mol. The highest BCUT2D eigenvalue weighted by Crippen LogP contribution is 2.35. The van der Waals surface area contributed by atoms with Crippen LogP contribution in [-0.4, -0.2) is 37.8 Å². The van der Waals surface area contributed by atoms with Crippen molar-refractivity contribution in [3.8, 4) is 5.75 Å². The second-order valence-corrected chi connectivity index (χ2v) is 11.1. The molecule has 4 rings (SSSR count). The van der Waals surface area contributed by atoms with E-state index in [0.717, 1.165) is 16.2 Å². The summed E-state index contributed by atoms with van der Waals surface area (Å²) < 4.78 is 35.7. The number of para-hydroxylation sites is 1. The summed E-state index contributed by atoms with van der Waals surface area (Å²) in [5, 5.41) is 1.90. The molecule has 11 heteroatoms. The monoisotopic (exact) mass is 573 g/mol. The molecule has 0 aromatic heterocycles. The fourth-order valence-corrected chi connectivity index (χ4v) is 5.89. The summed E-state index contributed by atoms with van der Waals surface area (Å²) in [6, 6.07) is 21.5. The number of sulfonamides is 1. The number of benzene rings is 3. The van der Waals surface area contributed by atoms with Crippen LogP contribution in [0.3, 0.4) is 0 Å². The number of halogens is 1. The summed E-state index contributed by atoms with van der Waals surface area (Å²) in [5.74, 6) is -0.155. The normalized spacial score (nSPS) is 17.0. The maximum atomic E-state index is 13.3. The molecular formula is C24H20BrN3O5S2. The molecule has 2 amide bonds. The van der Waals surface area contributed by atoms with Gasteiger partial charge in [-0.05, 0) is 60.7 Å². The van der Waals surface area contributed by atoms with Crippen LogP contribution in [0, 0.1) is 0 Å². The number of amides is 2. The average molecular weight is 574 g/mol. The molecule has 180 valence electrons. The van der Waals surface area contributed by atoms with Gasteiger partial charge in [0.1, 0.15) is 11.0 Å². The van der Waals surface area contributed by atoms with Crippen molar-refractivity contribution in [2.45, 2.75) is 16.6 Å². The number of hydrogen-bond acceptors (Lipinski definition) is 6. The predicted octanol–water partition coefficient (Wildman–Crippen LogP) is 4.68. The molecule has 1 N–H and O–H groups in total. The minimum absolute atomic E-state index is 0.00467. The van der Waals surface area contributed by atoms with E-state index < -0.39 is 21.2 Å². The van der Waals surface area contributed by atoms with E-state index in [1.165, 1.54) is 17.0 Å². The third-order valence-electron chi connectivity index (χ3n) is 5.00. The zero-order valence-corrected chi connectivity index (χ0v) is 21.6. The molecule has 1 fully saturated rings. The first kappa shape index (κ1) is 25.0. The highest BCUT2D eigenvalue weighted by Gasteiger charge is 2.41. The van der Waals surface area contributed by atoms with Gasteiger partial charge in [0.25, 0.3) is 10.0 Å². The Morgan fingerprint density at radius 1 is 1.06 bits per heavy atom. The van der Waals surface area contributed by atoms with Crippen LogP contribution in [0.15, 0.2) is 92.6 Å². The van der Waals surface area contributed by atoms with Crippen molar-refractivity contribution in [3.05, 3.63) is 83.3 Å². The van der Waals surface area contributed by atoms with Crippen LogP contribution in [0.2, 0.25) is 0 Å². The van der Waals surface area contributed by atoms with E-state index in [1.807, 2.05) is 0 Å². The molecule has 1 aliphatic rings. The number of hydrogen-bond donors (Lipinski definition) is 1. The lowest BCUT2D eigenvalue weighted by molar-refractivity contribution is -0.121. The van der Waals surface area contributed by atoms with E-state index in [9.17, 15) is 18.0 Å². The van der Waals surface area contributed by atoms with Crippen molar-refractivity contribution in [2.24, 2.45) is 4.40 Å². The lowest BCUT2D eigenvalue weighted by Crippen LogP contribution is -2.33. The van der Waals surface area contributed by atoms with Crippen molar-refractivity contribution in [2.75, 3.05) is 17.3 Å². The van der Waals surface area contributed by atoms with Gasteiger partial charge in [0.05, 0.1) is 17.7 Å².